The first kappa shape index (κ1) is 14.0. The highest BCUT2D eigenvalue weighted by Crippen LogP contribution is 2.27. The van der Waals surface area contributed by atoms with E-state index in [0.717, 1.165) is 13.0 Å². The van der Waals surface area contributed by atoms with E-state index in [4.69, 9.17) is 0 Å². The number of halogens is 1. The number of hydrogen-bond acceptors (Lipinski definition) is 4. The zero-order valence-electron chi connectivity index (χ0n) is 11.0. The summed E-state index contributed by atoms with van der Waals surface area (Å²) in [5, 5.41) is 13.6. The van der Waals surface area contributed by atoms with Gasteiger partial charge in [-0.25, -0.2) is 9.37 Å². The number of imidazole rings is 1. The Labute approximate surface area is 115 Å². The van der Waals surface area contributed by atoms with Crippen LogP contribution in [0.5, 0.6) is 0 Å². The maximum atomic E-state index is 13.7. The highest BCUT2D eigenvalue weighted by Gasteiger charge is 2.17. The molecule has 0 aliphatic carbocycles. The van der Waals surface area contributed by atoms with Crippen LogP contribution < -0.4 is 5.32 Å². The topological polar surface area (TPSA) is 73.0 Å². The van der Waals surface area contributed by atoms with Crippen LogP contribution in [0.25, 0.3) is 0 Å². The van der Waals surface area contributed by atoms with E-state index < -0.39 is 10.7 Å². The van der Waals surface area contributed by atoms with E-state index in [9.17, 15) is 14.5 Å². The molecule has 1 heterocycles. The quantitative estimate of drug-likeness (QED) is 0.651. The molecule has 0 amide bonds. The van der Waals surface area contributed by atoms with E-state index in [0.29, 0.717) is 5.82 Å². The smallest absolute Gasteiger partial charge is 0.295 e. The standard InChI is InChI=1S/C13H15FN4O2/c1-2-7-17-8-6-15-12(17)9-16-13-10(14)4-3-5-11(13)18(19)20/h3-6,8,16H,2,7,9H2,1H3. The Morgan fingerprint density at radius 2 is 2.30 bits per heavy atom. The van der Waals surface area contributed by atoms with Crippen molar-refractivity contribution in [3.8, 4) is 0 Å². The molecule has 0 fully saturated rings. The van der Waals surface area contributed by atoms with Gasteiger partial charge >= 0.3 is 0 Å². The van der Waals surface area contributed by atoms with Crippen LogP contribution in [0, 0.1) is 15.9 Å². The molecule has 0 radical (unpaired) electrons. The molecule has 0 saturated carbocycles. The summed E-state index contributed by atoms with van der Waals surface area (Å²) in [5.41, 5.74) is -0.387. The second-order valence-corrected chi connectivity index (χ2v) is 4.28. The number of nitrogens with one attached hydrogen (secondary N) is 1. The van der Waals surface area contributed by atoms with Crippen LogP contribution in [-0.4, -0.2) is 14.5 Å². The lowest BCUT2D eigenvalue weighted by atomic mass is 10.2. The first-order valence-electron chi connectivity index (χ1n) is 6.30. The van der Waals surface area contributed by atoms with Gasteiger partial charge in [0.25, 0.3) is 5.69 Å². The van der Waals surface area contributed by atoms with E-state index in [2.05, 4.69) is 10.3 Å². The Kier molecular flexibility index (Phi) is 4.29. The molecule has 0 spiro atoms. The lowest BCUT2D eigenvalue weighted by Crippen LogP contribution is -2.10. The van der Waals surface area contributed by atoms with Gasteiger partial charge in [0, 0.05) is 25.0 Å². The third-order valence-electron chi connectivity index (χ3n) is 2.88. The highest BCUT2D eigenvalue weighted by atomic mass is 19.1. The van der Waals surface area contributed by atoms with E-state index in [1.807, 2.05) is 17.7 Å². The van der Waals surface area contributed by atoms with Gasteiger partial charge in [-0.3, -0.25) is 10.1 Å². The molecule has 7 heteroatoms. The molecular weight excluding hydrogens is 263 g/mol. The number of rotatable bonds is 6. The molecule has 0 unspecified atom stereocenters. The van der Waals surface area contributed by atoms with Crippen LogP contribution in [0.1, 0.15) is 19.2 Å². The summed E-state index contributed by atoms with van der Waals surface area (Å²) in [6, 6.07) is 3.77. The molecule has 2 aromatic rings. The first-order chi connectivity index (χ1) is 9.63. The predicted molar refractivity (Wildman–Crippen MR) is 72.9 cm³/mol. The molecule has 1 aromatic carbocycles. The van der Waals surface area contributed by atoms with Crippen molar-refractivity contribution in [3.63, 3.8) is 0 Å². The van der Waals surface area contributed by atoms with Crippen molar-refractivity contribution < 1.29 is 9.31 Å². The predicted octanol–water partition coefficient (Wildman–Crippen LogP) is 2.95. The van der Waals surface area contributed by atoms with Crippen molar-refractivity contribution in [2.45, 2.75) is 26.4 Å². The monoisotopic (exact) mass is 278 g/mol. The van der Waals surface area contributed by atoms with Crippen LogP contribution in [0.3, 0.4) is 0 Å². The van der Waals surface area contributed by atoms with Gasteiger partial charge in [-0.2, -0.15) is 0 Å². The summed E-state index contributed by atoms with van der Waals surface area (Å²) < 4.78 is 15.6. The number of nitro groups is 1. The van der Waals surface area contributed by atoms with Crippen molar-refractivity contribution in [2.75, 3.05) is 5.32 Å². The molecule has 2 rings (SSSR count). The van der Waals surface area contributed by atoms with Gasteiger partial charge in [-0.15, -0.1) is 0 Å². The van der Waals surface area contributed by atoms with Gasteiger partial charge in [0.1, 0.15) is 11.5 Å². The molecule has 1 aromatic heterocycles. The largest absolute Gasteiger partial charge is 0.370 e. The zero-order valence-corrected chi connectivity index (χ0v) is 11.0. The summed E-state index contributed by atoms with van der Waals surface area (Å²) in [4.78, 5) is 14.4. The van der Waals surface area contributed by atoms with Crippen LogP contribution in [0.15, 0.2) is 30.6 Å². The van der Waals surface area contributed by atoms with Crippen molar-refractivity contribution in [1.29, 1.82) is 0 Å². The van der Waals surface area contributed by atoms with Gasteiger partial charge < -0.3 is 9.88 Å². The Morgan fingerprint density at radius 3 is 3.00 bits per heavy atom. The number of anilines is 1. The molecule has 20 heavy (non-hydrogen) atoms. The summed E-state index contributed by atoms with van der Waals surface area (Å²) in [7, 11) is 0. The van der Waals surface area contributed by atoms with Crippen molar-refractivity contribution in [1.82, 2.24) is 9.55 Å². The minimum Gasteiger partial charge on any atom is -0.370 e. The summed E-state index contributed by atoms with van der Waals surface area (Å²) in [6.07, 6.45) is 4.43. The average molecular weight is 278 g/mol. The van der Waals surface area contributed by atoms with E-state index in [1.54, 1.807) is 6.20 Å². The molecule has 6 nitrogen and oxygen atoms in total. The number of hydrogen-bond donors (Lipinski definition) is 1. The summed E-state index contributed by atoms with van der Waals surface area (Å²) in [5.74, 6) is 0.0669. The van der Waals surface area contributed by atoms with Crippen LogP contribution in [-0.2, 0) is 13.1 Å². The number of nitro benzene ring substituents is 1. The lowest BCUT2D eigenvalue weighted by molar-refractivity contribution is -0.384. The zero-order chi connectivity index (χ0) is 14.5. The molecule has 0 aliphatic rings. The fraction of sp³-hybridized carbons (Fsp3) is 0.308. The molecule has 0 atom stereocenters. The molecule has 1 N–H and O–H groups in total. The molecule has 0 aliphatic heterocycles. The number of aromatic nitrogens is 2. The van der Waals surface area contributed by atoms with Gasteiger partial charge in [-0.05, 0) is 12.5 Å². The number of benzene rings is 1. The third-order valence-corrected chi connectivity index (χ3v) is 2.88. The Morgan fingerprint density at radius 1 is 1.50 bits per heavy atom. The molecule has 0 saturated heterocycles. The van der Waals surface area contributed by atoms with Gasteiger partial charge in [0.05, 0.1) is 11.5 Å². The van der Waals surface area contributed by atoms with E-state index >= 15 is 0 Å². The number of nitrogens with zero attached hydrogens (tertiary/aromatic N) is 3. The van der Waals surface area contributed by atoms with Gasteiger partial charge in [-0.1, -0.05) is 13.0 Å². The Bertz CT molecular complexity index is 612. The van der Waals surface area contributed by atoms with Crippen LogP contribution in [0.2, 0.25) is 0 Å². The number of para-hydroxylation sites is 1. The lowest BCUT2D eigenvalue weighted by Gasteiger charge is -2.09. The summed E-state index contributed by atoms with van der Waals surface area (Å²) >= 11 is 0. The van der Waals surface area contributed by atoms with E-state index in [1.165, 1.54) is 18.2 Å². The maximum Gasteiger partial charge on any atom is 0.295 e. The fourth-order valence-electron chi connectivity index (χ4n) is 1.96. The normalized spacial score (nSPS) is 10.5. The molecule has 0 bridgehead atoms. The minimum atomic E-state index is -0.646. The second-order valence-electron chi connectivity index (χ2n) is 4.28. The molecule has 106 valence electrons. The highest BCUT2D eigenvalue weighted by molar-refractivity contribution is 5.62. The van der Waals surface area contributed by atoms with Gasteiger partial charge in [0.15, 0.2) is 5.82 Å². The van der Waals surface area contributed by atoms with Gasteiger partial charge in [0.2, 0.25) is 0 Å². The first-order valence-corrected chi connectivity index (χ1v) is 6.30. The third kappa shape index (κ3) is 2.93. The minimum absolute atomic E-state index is 0.108. The van der Waals surface area contributed by atoms with Crippen molar-refractivity contribution >= 4 is 11.4 Å². The second kappa shape index (κ2) is 6.14. The van der Waals surface area contributed by atoms with Crippen LogP contribution >= 0.6 is 0 Å². The Hall–Kier alpha value is -2.44. The van der Waals surface area contributed by atoms with E-state index in [-0.39, 0.29) is 17.9 Å². The summed E-state index contributed by atoms with van der Waals surface area (Å²) in [6.45, 7) is 3.07. The van der Waals surface area contributed by atoms with Crippen molar-refractivity contribution in [2.24, 2.45) is 0 Å². The Balaban J connectivity index is 2.18. The average Bonchev–Trinajstić information content (AvgIpc) is 2.85. The fourth-order valence-corrected chi connectivity index (χ4v) is 1.96. The maximum absolute atomic E-state index is 13.7. The number of aryl methyl sites for hydroxylation is 1. The SMILES string of the molecule is CCCn1ccnc1CNc1c(F)cccc1[N+](=O)[O-]. The molecular formula is C13H15FN4O2. The van der Waals surface area contributed by atoms with Crippen molar-refractivity contribution in [3.05, 3.63) is 52.3 Å². The van der Waals surface area contributed by atoms with Crippen LogP contribution in [0.4, 0.5) is 15.8 Å².